The van der Waals surface area contributed by atoms with Crippen LogP contribution < -0.4 is 4.74 Å². The van der Waals surface area contributed by atoms with Gasteiger partial charge in [0.1, 0.15) is 12.4 Å². The summed E-state index contributed by atoms with van der Waals surface area (Å²) in [4.78, 5) is 14.5. The van der Waals surface area contributed by atoms with E-state index in [4.69, 9.17) is 4.74 Å². The molecule has 0 aromatic heterocycles. The van der Waals surface area contributed by atoms with Gasteiger partial charge in [0.15, 0.2) is 5.78 Å². The monoisotopic (exact) mass is 404 g/mol. The number of carbonyl (C=O) groups is 1. The topological polar surface area (TPSA) is 87.2 Å². The molecule has 1 atom stereocenters. The maximum absolute atomic E-state index is 13.1. The summed E-state index contributed by atoms with van der Waals surface area (Å²) < 4.78 is 32.5. The minimum absolute atomic E-state index is 0.0977. The highest BCUT2D eigenvalue weighted by atomic mass is 32.2. The van der Waals surface area contributed by atoms with Crippen LogP contribution in [0.5, 0.6) is 5.75 Å². The number of aliphatic hydroxyl groups is 1. The average Bonchev–Trinajstić information content (AvgIpc) is 2.73. The smallest absolute Gasteiger partial charge is 0.243 e. The molecule has 0 aliphatic carbocycles. The summed E-state index contributed by atoms with van der Waals surface area (Å²) in [5, 5.41) is 9.38. The first-order valence-corrected chi connectivity index (χ1v) is 10.5. The number of hydrogen-bond donors (Lipinski definition) is 1. The van der Waals surface area contributed by atoms with E-state index in [1.807, 2.05) is 35.2 Å². The summed E-state index contributed by atoms with van der Waals surface area (Å²) in [7, 11) is -2.36. The summed E-state index contributed by atoms with van der Waals surface area (Å²) in [6.45, 7) is 0.839. The Balaban J connectivity index is 1.82. The fraction of sp³-hybridized carbons (Fsp3) is 0.350. The lowest BCUT2D eigenvalue weighted by Gasteiger charge is -2.39. The van der Waals surface area contributed by atoms with Gasteiger partial charge in [-0.3, -0.25) is 9.69 Å². The molecule has 0 spiro atoms. The van der Waals surface area contributed by atoms with Crippen LogP contribution in [-0.2, 0) is 21.4 Å². The number of Topliss-reactive ketones (excluding diaryl/α,β-unsaturated/α-hetero) is 1. The molecule has 0 saturated carbocycles. The summed E-state index contributed by atoms with van der Waals surface area (Å²) in [6, 6.07) is 14.9. The number of benzene rings is 2. The second kappa shape index (κ2) is 8.83. The molecule has 2 aromatic rings. The lowest BCUT2D eigenvalue weighted by atomic mass is 10.1. The van der Waals surface area contributed by atoms with Crippen molar-refractivity contribution in [3.8, 4) is 5.75 Å². The zero-order valence-electron chi connectivity index (χ0n) is 15.7. The second-order valence-corrected chi connectivity index (χ2v) is 8.54. The van der Waals surface area contributed by atoms with Gasteiger partial charge in [-0.05, 0) is 29.8 Å². The van der Waals surface area contributed by atoms with Crippen molar-refractivity contribution >= 4 is 15.8 Å². The number of carbonyl (C=O) groups excluding carboxylic acids is 1. The Morgan fingerprint density at radius 3 is 2.39 bits per heavy atom. The maximum atomic E-state index is 13.1. The lowest BCUT2D eigenvalue weighted by Crippen LogP contribution is -2.58. The van der Waals surface area contributed by atoms with Gasteiger partial charge < -0.3 is 9.84 Å². The van der Waals surface area contributed by atoms with E-state index in [1.54, 1.807) is 12.1 Å². The predicted octanol–water partition coefficient (Wildman–Crippen LogP) is 1.13. The molecule has 1 aliphatic heterocycles. The number of ether oxygens (including phenoxy) is 1. The molecule has 0 radical (unpaired) electrons. The highest BCUT2D eigenvalue weighted by Crippen LogP contribution is 2.24. The fourth-order valence-electron chi connectivity index (χ4n) is 3.35. The zero-order chi connectivity index (χ0) is 20.1. The van der Waals surface area contributed by atoms with Gasteiger partial charge in [-0.15, -0.1) is 0 Å². The van der Waals surface area contributed by atoms with Crippen LogP contribution in [0.25, 0.3) is 0 Å². The first-order valence-electron chi connectivity index (χ1n) is 9.01. The molecule has 28 heavy (non-hydrogen) atoms. The van der Waals surface area contributed by atoms with Crippen LogP contribution in [0.4, 0.5) is 0 Å². The third-order valence-corrected chi connectivity index (χ3v) is 6.78. The van der Waals surface area contributed by atoms with Gasteiger partial charge >= 0.3 is 0 Å². The number of hydrogen-bond acceptors (Lipinski definition) is 6. The number of methoxy groups -OCH3 is 1. The normalized spacial score (nSPS) is 18.7. The van der Waals surface area contributed by atoms with Crippen LogP contribution in [0.2, 0.25) is 0 Å². The van der Waals surface area contributed by atoms with Gasteiger partial charge in [0.2, 0.25) is 10.0 Å². The zero-order valence-corrected chi connectivity index (χ0v) is 16.5. The molecule has 8 heteroatoms. The molecule has 3 rings (SSSR count). The van der Waals surface area contributed by atoms with Gasteiger partial charge in [0.25, 0.3) is 0 Å². The van der Waals surface area contributed by atoms with E-state index in [2.05, 4.69) is 0 Å². The van der Waals surface area contributed by atoms with Gasteiger partial charge in [-0.25, -0.2) is 8.42 Å². The van der Waals surface area contributed by atoms with Crippen molar-refractivity contribution in [2.75, 3.05) is 33.4 Å². The van der Waals surface area contributed by atoms with Crippen molar-refractivity contribution in [2.24, 2.45) is 0 Å². The van der Waals surface area contributed by atoms with Crippen molar-refractivity contribution < 1.29 is 23.1 Å². The van der Waals surface area contributed by atoms with Crippen molar-refractivity contribution in [1.29, 1.82) is 0 Å². The third kappa shape index (κ3) is 4.41. The van der Waals surface area contributed by atoms with Crippen molar-refractivity contribution in [2.45, 2.75) is 17.5 Å². The minimum Gasteiger partial charge on any atom is -0.497 e. The Morgan fingerprint density at radius 2 is 1.79 bits per heavy atom. The molecule has 1 unspecified atom stereocenters. The standard InChI is InChI=1S/C20H24N2O5S/c1-27-17-7-9-18(10-8-17)28(25,26)22-12-11-21(14-19(22)20(24)15-23)13-16-5-3-2-4-6-16/h2-10,19,23H,11-15H2,1H3. The van der Waals surface area contributed by atoms with Crippen LogP contribution in [0.1, 0.15) is 5.56 Å². The Bertz CT molecular complexity index is 900. The first-order chi connectivity index (χ1) is 13.5. The Kier molecular flexibility index (Phi) is 6.46. The SMILES string of the molecule is COc1ccc(S(=O)(=O)N2CCN(Cc3ccccc3)CC2C(=O)CO)cc1. The van der Waals surface area contributed by atoms with Gasteiger partial charge in [-0.1, -0.05) is 30.3 Å². The Labute approximate surface area is 165 Å². The molecular formula is C20H24N2O5S. The predicted molar refractivity (Wildman–Crippen MR) is 104 cm³/mol. The molecule has 1 aliphatic rings. The van der Waals surface area contributed by atoms with Crippen LogP contribution in [0.3, 0.4) is 0 Å². The molecule has 0 bridgehead atoms. The van der Waals surface area contributed by atoms with Crippen LogP contribution in [0.15, 0.2) is 59.5 Å². The molecule has 1 heterocycles. The number of aliphatic hydroxyl groups excluding tert-OH is 1. The van der Waals surface area contributed by atoms with E-state index < -0.39 is 28.5 Å². The highest BCUT2D eigenvalue weighted by Gasteiger charge is 2.39. The van der Waals surface area contributed by atoms with E-state index in [9.17, 15) is 18.3 Å². The van der Waals surface area contributed by atoms with Gasteiger partial charge in [0.05, 0.1) is 18.0 Å². The molecular weight excluding hydrogens is 380 g/mol. The Hall–Kier alpha value is -2.26. The molecule has 1 fully saturated rings. The number of nitrogens with zero attached hydrogens (tertiary/aromatic N) is 2. The second-order valence-electron chi connectivity index (χ2n) is 6.65. The fourth-order valence-corrected chi connectivity index (χ4v) is 4.94. The van der Waals surface area contributed by atoms with E-state index in [-0.39, 0.29) is 18.0 Å². The molecule has 1 N–H and O–H groups in total. The molecule has 150 valence electrons. The van der Waals surface area contributed by atoms with Crippen LogP contribution in [0, 0.1) is 0 Å². The van der Waals surface area contributed by atoms with Crippen molar-refractivity contribution in [3.05, 3.63) is 60.2 Å². The van der Waals surface area contributed by atoms with Gasteiger partial charge in [-0.2, -0.15) is 4.31 Å². The summed E-state index contributed by atoms with van der Waals surface area (Å²) in [5.41, 5.74) is 1.09. The number of sulfonamides is 1. The molecule has 0 amide bonds. The summed E-state index contributed by atoms with van der Waals surface area (Å²) in [6.07, 6.45) is 0. The van der Waals surface area contributed by atoms with E-state index in [0.29, 0.717) is 18.8 Å². The highest BCUT2D eigenvalue weighted by molar-refractivity contribution is 7.89. The van der Waals surface area contributed by atoms with Crippen LogP contribution >= 0.6 is 0 Å². The molecule has 2 aromatic carbocycles. The number of ketones is 1. The third-order valence-electron chi connectivity index (χ3n) is 4.86. The van der Waals surface area contributed by atoms with E-state index >= 15 is 0 Å². The molecule has 7 nitrogen and oxygen atoms in total. The maximum Gasteiger partial charge on any atom is 0.243 e. The minimum atomic E-state index is -3.87. The van der Waals surface area contributed by atoms with Gasteiger partial charge in [0, 0.05) is 26.2 Å². The summed E-state index contributed by atoms with van der Waals surface area (Å²) >= 11 is 0. The Morgan fingerprint density at radius 1 is 1.11 bits per heavy atom. The quantitative estimate of drug-likeness (QED) is 0.745. The van der Waals surface area contributed by atoms with Crippen molar-refractivity contribution in [3.63, 3.8) is 0 Å². The molecule has 1 saturated heterocycles. The van der Waals surface area contributed by atoms with Crippen molar-refractivity contribution in [1.82, 2.24) is 9.21 Å². The van der Waals surface area contributed by atoms with E-state index in [0.717, 1.165) is 5.56 Å². The first kappa shape index (κ1) is 20.5. The number of piperazine rings is 1. The number of rotatable bonds is 7. The average molecular weight is 404 g/mol. The summed E-state index contributed by atoms with van der Waals surface area (Å²) in [5.74, 6) is 0.0458. The van der Waals surface area contributed by atoms with Crippen LogP contribution in [-0.4, -0.2) is 67.9 Å². The largest absolute Gasteiger partial charge is 0.497 e. The van der Waals surface area contributed by atoms with E-state index in [1.165, 1.54) is 23.5 Å². The lowest BCUT2D eigenvalue weighted by molar-refractivity contribution is -0.127.